The highest BCUT2D eigenvalue weighted by Crippen LogP contribution is 2.17. The molecule has 1 nitrogen and oxygen atoms in total. The fourth-order valence-electron chi connectivity index (χ4n) is 1.08. The van der Waals surface area contributed by atoms with Crippen LogP contribution in [-0.4, -0.2) is 5.78 Å². The number of terminal acetylenes is 1. The maximum Gasteiger partial charge on any atom is 0.175 e. The summed E-state index contributed by atoms with van der Waals surface area (Å²) >= 11 is 3.31. The van der Waals surface area contributed by atoms with E-state index in [0.717, 1.165) is 10.0 Å². The molecule has 0 radical (unpaired) electrons. The van der Waals surface area contributed by atoms with Gasteiger partial charge in [-0.1, -0.05) is 27.9 Å². The Labute approximate surface area is 86.3 Å². The van der Waals surface area contributed by atoms with Gasteiger partial charge in [-0.3, -0.25) is 4.79 Å². The first-order valence-corrected chi connectivity index (χ1v) is 4.67. The minimum Gasteiger partial charge on any atom is -0.293 e. The highest BCUT2D eigenvalue weighted by molar-refractivity contribution is 9.10. The number of benzene rings is 1. The van der Waals surface area contributed by atoms with Crippen molar-refractivity contribution in [3.8, 4) is 12.3 Å². The van der Waals surface area contributed by atoms with Gasteiger partial charge in [0, 0.05) is 10.0 Å². The van der Waals surface area contributed by atoms with Gasteiger partial charge >= 0.3 is 0 Å². The topological polar surface area (TPSA) is 17.1 Å². The standard InChI is InChI=1S/C11H9BrO/c1-3-4-11(13)10-7-9(12)6-5-8(10)2/h1,5-7H,4H2,2H3. The van der Waals surface area contributed by atoms with Crippen LogP contribution in [0.15, 0.2) is 22.7 Å². The lowest BCUT2D eigenvalue weighted by Crippen LogP contribution is -2.00. The molecule has 0 heterocycles. The Kier molecular flexibility index (Phi) is 3.27. The number of Topliss-reactive ketones (excluding diaryl/α,β-unsaturated/α-hetero) is 1. The zero-order valence-corrected chi connectivity index (χ0v) is 8.89. The normalized spacial score (nSPS) is 9.31. The second kappa shape index (κ2) is 4.25. The number of aryl methyl sites for hydroxylation is 1. The van der Waals surface area contributed by atoms with Crippen molar-refractivity contribution in [1.82, 2.24) is 0 Å². The van der Waals surface area contributed by atoms with Crippen LogP contribution in [0.2, 0.25) is 0 Å². The molecule has 13 heavy (non-hydrogen) atoms. The summed E-state index contributed by atoms with van der Waals surface area (Å²) in [7, 11) is 0. The van der Waals surface area contributed by atoms with Crippen LogP contribution in [0.25, 0.3) is 0 Å². The Morgan fingerprint density at radius 1 is 1.62 bits per heavy atom. The van der Waals surface area contributed by atoms with E-state index in [1.54, 1.807) is 6.07 Å². The first-order valence-electron chi connectivity index (χ1n) is 3.88. The van der Waals surface area contributed by atoms with E-state index in [-0.39, 0.29) is 12.2 Å². The van der Waals surface area contributed by atoms with Crippen LogP contribution in [0.1, 0.15) is 22.3 Å². The monoisotopic (exact) mass is 236 g/mol. The third-order valence-electron chi connectivity index (χ3n) is 1.76. The van der Waals surface area contributed by atoms with Gasteiger partial charge in [0.05, 0.1) is 6.42 Å². The van der Waals surface area contributed by atoms with Crippen LogP contribution in [0.5, 0.6) is 0 Å². The second-order valence-electron chi connectivity index (χ2n) is 2.76. The third kappa shape index (κ3) is 2.43. The summed E-state index contributed by atoms with van der Waals surface area (Å²) in [6.45, 7) is 1.90. The largest absolute Gasteiger partial charge is 0.293 e. The highest BCUT2D eigenvalue weighted by Gasteiger charge is 2.07. The van der Waals surface area contributed by atoms with Gasteiger partial charge in [-0.25, -0.2) is 0 Å². The quantitative estimate of drug-likeness (QED) is 0.570. The molecule has 0 saturated carbocycles. The predicted molar refractivity (Wildman–Crippen MR) is 56.7 cm³/mol. The molecule has 0 fully saturated rings. The Bertz CT molecular complexity index is 374. The lowest BCUT2D eigenvalue weighted by molar-refractivity contribution is 0.0997. The molecular weight excluding hydrogens is 228 g/mol. The molecule has 1 rings (SSSR count). The average Bonchev–Trinajstić information content (AvgIpc) is 2.09. The summed E-state index contributed by atoms with van der Waals surface area (Å²) in [5.41, 5.74) is 1.66. The van der Waals surface area contributed by atoms with Crippen molar-refractivity contribution in [1.29, 1.82) is 0 Å². The van der Waals surface area contributed by atoms with Gasteiger partial charge in [-0.05, 0) is 24.6 Å². The van der Waals surface area contributed by atoms with Crippen molar-refractivity contribution in [3.05, 3.63) is 33.8 Å². The minimum atomic E-state index is 0.00120. The lowest BCUT2D eigenvalue weighted by atomic mass is 10.0. The Morgan fingerprint density at radius 2 is 2.31 bits per heavy atom. The van der Waals surface area contributed by atoms with Gasteiger partial charge in [-0.15, -0.1) is 6.42 Å². The Balaban J connectivity index is 3.07. The van der Waals surface area contributed by atoms with E-state index in [2.05, 4.69) is 21.9 Å². The molecule has 2 heteroatoms. The molecular formula is C11H9BrO. The second-order valence-corrected chi connectivity index (χ2v) is 3.68. The number of hydrogen-bond acceptors (Lipinski definition) is 1. The Morgan fingerprint density at radius 3 is 2.92 bits per heavy atom. The molecule has 0 aromatic heterocycles. The zero-order valence-electron chi connectivity index (χ0n) is 7.30. The van der Waals surface area contributed by atoms with Crippen LogP contribution in [-0.2, 0) is 0 Å². The van der Waals surface area contributed by atoms with E-state index in [4.69, 9.17) is 6.42 Å². The van der Waals surface area contributed by atoms with Crippen molar-refractivity contribution in [2.24, 2.45) is 0 Å². The minimum absolute atomic E-state index is 0.00120. The van der Waals surface area contributed by atoms with Gasteiger partial charge in [0.15, 0.2) is 5.78 Å². The predicted octanol–water partition coefficient (Wildman–Crippen LogP) is 2.96. The molecule has 1 aromatic rings. The molecule has 0 N–H and O–H groups in total. The van der Waals surface area contributed by atoms with Gasteiger partial charge in [-0.2, -0.15) is 0 Å². The average molecular weight is 237 g/mol. The van der Waals surface area contributed by atoms with Crippen molar-refractivity contribution >= 4 is 21.7 Å². The van der Waals surface area contributed by atoms with E-state index >= 15 is 0 Å². The number of rotatable bonds is 2. The smallest absolute Gasteiger partial charge is 0.175 e. The fraction of sp³-hybridized carbons (Fsp3) is 0.182. The molecule has 66 valence electrons. The molecule has 0 aliphatic rings. The summed E-state index contributed by atoms with van der Waals surface area (Å²) in [6, 6.07) is 5.60. The number of halogens is 1. The summed E-state index contributed by atoms with van der Waals surface area (Å²) in [5.74, 6) is 2.35. The number of carbonyl (C=O) groups is 1. The van der Waals surface area contributed by atoms with Crippen LogP contribution < -0.4 is 0 Å². The molecule has 0 aliphatic heterocycles. The van der Waals surface area contributed by atoms with Gasteiger partial charge < -0.3 is 0 Å². The summed E-state index contributed by atoms with van der Waals surface area (Å²) in [4.78, 5) is 11.5. The molecule has 0 unspecified atom stereocenters. The lowest BCUT2D eigenvalue weighted by Gasteiger charge is -2.02. The van der Waals surface area contributed by atoms with Crippen LogP contribution >= 0.6 is 15.9 Å². The van der Waals surface area contributed by atoms with Crippen molar-refractivity contribution in [2.45, 2.75) is 13.3 Å². The van der Waals surface area contributed by atoms with E-state index in [9.17, 15) is 4.79 Å². The number of ketones is 1. The van der Waals surface area contributed by atoms with Crippen LogP contribution in [0, 0.1) is 19.3 Å². The van der Waals surface area contributed by atoms with Crippen LogP contribution in [0.3, 0.4) is 0 Å². The maximum absolute atomic E-state index is 11.5. The van der Waals surface area contributed by atoms with E-state index in [1.165, 1.54) is 0 Å². The molecule has 0 atom stereocenters. The van der Waals surface area contributed by atoms with E-state index in [1.807, 2.05) is 19.1 Å². The zero-order chi connectivity index (χ0) is 9.84. The van der Waals surface area contributed by atoms with Gasteiger partial charge in [0.25, 0.3) is 0 Å². The molecule has 0 bridgehead atoms. The third-order valence-corrected chi connectivity index (χ3v) is 2.26. The summed E-state index contributed by atoms with van der Waals surface area (Å²) in [5, 5.41) is 0. The maximum atomic E-state index is 11.5. The Hall–Kier alpha value is -1.07. The molecule has 0 amide bonds. The van der Waals surface area contributed by atoms with Gasteiger partial charge in [0.1, 0.15) is 0 Å². The first-order chi connectivity index (χ1) is 6.15. The summed E-state index contributed by atoms with van der Waals surface area (Å²) < 4.78 is 0.901. The molecule has 0 spiro atoms. The molecule has 0 aliphatic carbocycles. The highest BCUT2D eigenvalue weighted by atomic mass is 79.9. The molecule has 1 aromatic carbocycles. The van der Waals surface area contributed by atoms with Crippen molar-refractivity contribution < 1.29 is 4.79 Å². The van der Waals surface area contributed by atoms with E-state index < -0.39 is 0 Å². The van der Waals surface area contributed by atoms with Crippen LogP contribution in [0.4, 0.5) is 0 Å². The van der Waals surface area contributed by atoms with Crippen molar-refractivity contribution in [3.63, 3.8) is 0 Å². The number of carbonyl (C=O) groups excluding carboxylic acids is 1. The number of hydrogen-bond donors (Lipinski definition) is 0. The first kappa shape index (κ1) is 10.0. The molecule has 0 saturated heterocycles. The van der Waals surface area contributed by atoms with E-state index in [0.29, 0.717) is 5.56 Å². The fourth-order valence-corrected chi connectivity index (χ4v) is 1.44. The SMILES string of the molecule is C#CCC(=O)c1cc(Br)ccc1C. The van der Waals surface area contributed by atoms with Gasteiger partial charge in [0.2, 0.25) is 0 Å². The summed E-state index contributed by atoms with van der Waals surface area (Å²) in [6.07, 6.45) is 5.24. The van der Waals surface area contributed by atoms with Crippen molar-refractivity contribution in [2.75, 3.05) is 0 Å².